The highest BCUT2D eigenvalue weighted by Crippen LogP contribution is 2.07. The molecule has 0 saturated heterocycles. The third kappa shape index (κ3) is 4.39. The minimum absolute atomic E-state index is 0.00361. The number of ether oxygens (including phenoxy) is 1. The van der Waals surface area contributed by atoms with E-state index in [1.54, 1.807) is 13.2 Å². The number of amides is 1. The van der Waals surface area contributed by atoms with Crippen LogP contribution < -0.4 is 10.9 Å². The Morgan fingerprint density at radius 1 is 1.41 bits per heavy atom. The number of benzene rings is 1. The van der Waals surface area contributed by atoms with Crippen LogP contribution >= 0.6 is 0 Å². The largest absolute Gasteiger partial charge is 0.383 e. The first kappa shape index (κ1) is 16.2. The van der Waals surface area contributed by atoms with E-state index in [1.165, 1.54) is 0 Å². The van der Waals surface area contributed by atoms with E-state index >= 15 is 0 Å². The summed E-state index contributed by atoms with van der Waals surface area (Å²) in [5, 5.41) is 3.43. The van der Waals surface area contributed by atoms with Crippen LogP contribution in [0.4, 0.5) is 0 Å². The van der Waals surface area contributed by atoms with E-state index in [4.69, 9.17) is 4.74 Å². The van der Waals surface area contributed by atoms with Crippen LogP contribution in [-0.4, -0.2) is 35.6 Å². The van der Waals surface area contributed by atoms with Crippen molar-refractivity contribution in [3.05, 3.63) is 40.4 Å². The van der Waals surface area contributed by atoms with Crippen molar-refractivity contribution in [1.82, 2.24) is 15.3 Å². The van der Waals surface area contributed by atoms with Crippen molar-refractivity contribution < 1.29 is 9.53 Å². The van der Waals surface area contributed by atoms with E-state index < -0.39 is 0 Å². The van der Waals surface area contributed by atoms with Gasteiger partial charge in [0.2, 0.25) is 5.91 Å². The summed E-state index contributed by atoms with van der Waals surface area (Å²) in [6.07, 6.45) is 1.59. The third-order valence-corrected chi connectivity index (χ3v) is 3.30. The Balaban J connectivity index is 1.90. The quantitative estimate of drug-likeness (QED) is 0.809. The van der Waals surface area contributed by atoms with E-state index in [-0.39, 0.29) is 17.5 Å². The molecule has 0 bridgehead atoms. The molecular weight excluding hydrogens is 282 g/mol. The number of para-hydroxylation sites is 1. The van der Waals surface area contributed by atoms with E-state index in [2.05, 4.69) is 15.3 Å². The number of aromatic amines is 1. The first-order valence-electron chi connectivity index (χ1n) is 7.36. The van der Waals surface area contributed by atoms with Crippen molar-refractivity contribution in [2.24, 2.45) is 0 Å². The van der Waals surface area contributed by atoms with Crippen LogP contribution in [0.3, 0.4) is 0 Å². The van der Waals surface area contributed by atoms with Gasteiger partial charge in [-0.3, -0.25) is 9.59 Å². The normalized spacial score (nSPS) is 12.3. The van der Waals surface area contributed by atoms with E-state index in [1.807, 2.05) is 25.1 Å². The molecule has 1 heterocycles. The van der Waals surface area contributed by atoms with Gasteiger partial charge in [0.1, 0.15) is 5.82 Å². The first-order chi connectivity index (χ1) is 10.6. The fraction of sp³-hybridized carbons (Fsp3) is 0.438. The van der Waals surface area contributed by atoms with Crippen LogP contribution in [0.25, 0.3) is 10.9 Å². The number of methoxy groups -OCH3 is 1. The Kier molecular flexibility index (Phi) is 5.66. The molecule has 0 saturated carbocycles. The second kappa shape index (κ2) is 7.70. The number of hydrogen-bond acceptors (Lipinski definition) is 4. The highest BCUT2D eigenvalue weighted by molar-refractivity contribution is 5.77. The van der Waals surface area contributed by atoms with Gasteiger partial charge in [-0.25, -0.2) is 4.98 Å². The number of aromatic nitrogens is 2. The molecule has 0 aliphatic rings. The maximum Gasteiger partial charge on any atom is 0.258 e. The Labute approximate surface area is 128 Å². The van der Waals surface area contributed by atoms with E-state index in [9.17, 15) is 9.59 Å². The van der Waals surface area contributed by atoms with Crippen molar-refractivity contribution in [2.45, 2.75) is 32.2 Å². The Hall–Kier alpha value is -2.21. The molecular formula is C16H21N3O3. The number of rotatable bonds is 7. The lowest BCUT2D eigenvalue weighted by Crippen LogP contribution is -2.35. The molecule has 118 valence electrons. The van der Waals surface area contributed by atoms with Crippen molar-refractivity contribution in [1.29, 1.82) is 0 Å². The molecule has 0 spiro atoms. The van der Waals surface area contributed by atoms with Crippen molar-refractivity contribution in [2.75, 3.05) is 13.7 Å². The van der Waals surface area contributed by atoms with E-state index in [0.29, 0.717) is 42.6 Å². The van der Waals surface area contributed by atoms with Gasteiger partial charge in [0.05, 0.1) is 17.5 Å². The summed E-state index contributed by atoms with van der Waals surface area (Å²) in [5.41, 5.74) is 0.540. The van der Waals surface area contributed by atoms with Gasteiger partial charge in [-0.1, -0.05) is 12.1 Å². The van der Waals surface area contributed by atoms with Gasteiger partial charge < -0.3 is 15.0 Å². The van der Waals surface area contributed by atoms with Gasteiger partial charge in [-0.2, -0.15) is 0 Å². The number of nitrogens with one attached hydrogen (secondary N) is 2. The lowest BCUT2D eigenvalue weighted by atomic mass is 10.2. The van der Waals surface area contributed by atoms with Gasteiger partial charge >= 0.3 is 0 Å². The number of fused-ring (bicyclic) bond motifs is 1. The summed E-state index contributed by atoms with van der Waals surface area (Å²) in [6.45, 7) is 2.38. The molecule has 0 radical (unpaired) electrons. The molecule has 2 rings (SSSR count). The molecule has 1 aromatic heterocycles. The zero-order valence-electron chi connectivity index (χ0n) is 12.9. The molecule has 22 heavy (non-hydrogen) atoms. The van der Waals surface area contributed by atoms with Crippen LogP contribution in [-0.2, 0) is 16.0 Å². The number of hydrogen-bond donors (Lipinski definition) is 2. The van der Waals surface area contributed by atoms with Crippen LogP contribution in [0.5, 0.6) is 0 Å². The maximum absolute atomic E-state index is 11.9. The predicted octanol–water partition coefficient (Wildman–Crippen LogP) is 1.40. The Morgan fingerprint density at radius 2 is 2.18 bits per heavy atom. The summed E-state index contributed by atoms with van der Waals surface area (Å²) in [4.78, 5) is 30.8. The molecule has 2 N–H and O–H groups in total. The highest BCUT2D eigenvalue weighted by atomic mass is 16.5. The highest BCUT2D eigenvalue weighted by Gasteiger charge is 2.08. The maximum atomic E-state index is 11.9. The number of nitrogens with zero attached hydrogens (tertiary/aromatic N) is 1. The van der Waals surface area contributed by atoms with Crippen LogP contribution in [0.2, 0.25) is 0 Å². The summed E-state index contributed by atoms with van der Waals surface area (Å²) in [6, 6.07) is 7.22. The molecule has 1 atom stereocenters. The van der Waals surface area contributed by atoms with Crippen molar-refractivity contribution in [3.8, 4) is 0 Å². The molecule has 1 amide bonds. The summed E-state index contributed by atoms with van der Waals surface area (Å²) in [7, 11) is 1.60. The van der Waals surface area contributed by atoms with Crippen molar-refractivity contribution in [3.63, 3.8) is 0 Å². The average Bonchev–Trinajstić information content (AvgIpc) is 2.47. The summed E-state index contributed by atoms with van der Waals surface area (Å²) in [5.74, 6) is 0.592. The lowest BCUT2D eigenvalue weighted by molar-refractivity contribution is -0.122. The molecule has 6 heteroatoms. The first-order valence-corrected chi connectivity index (χ1v) is 7.36. The summed E-state index contributed by atoms with van der Waals surface area (Å²) >= 11 is 0. The molecule has 6 nitrogen and oxygen atoms in total. The summed E-state index contributed by atoms with van der Waals surface area (Å²) < 4.78 is 4.97. The smallest absolute Gasteiger partial charge is 0.258 e. The molecule has 1 unspecified atom stereocenters. The van der Waals surface area contributed by atoms with Gasteiger partial charge in [0.15, 0.2) is 0 Å². The van der Waals surface area contributed by atoms with Crippen LogP contribution in [0.15, 0.2) is 29.1 Å². The zero-order valence-corrected chi connectivity index (χ0v) is 12.9. The predicted molar refractivity (Wildman–Crippen MR) is 84.8 cm³/mol. The van der Waals surface area contributed by atoms with Gasteiger partial charge in [0, 0.05) is 26.0 Å². The number of carbonyl (C=O) groups is 1. The second-order valence-electron chi connectivity index (χ2n) is 5.31. The standard InChI is InChI=1S/C16H21N3O3/c1-11(10-22-2)17-15(20)9-5-8-14-18-13-7-4-3-6-12(13)16(21)19-14/h3-4,6-7,11H,5,8-10H2,1-2H3,(H,17,20)(H,18,19,21). The number of H-pyrrole nitrogens is 1. The SMILES string of the molecule is COCC(C)NC(=O)CCCc1nc2ccccc2c(=O)[nH]1. The topological polar surface area (TPSA) is 84.1 Å². The molecule has 0 aliphatic carbocycles. The van der Waals surface area contributed by atoms with Gasteiger partial charge in [-0.05, 0) is 25.5 Å². The minimum Gasteiger partial charge on any atom is -0.383 e. The van der Waals surface area contributed by atoms with E-state index in [0.717, 1.165) is 0 Å². The molecule has 0 fully saturated rings. The monoisotopic (exact) mass is 303 g/mol. The minimum atomic E-state index is -0.140. The van der Waals surface area contributed by atoms with Crippen LogP contribution in [0, 0.1) is 0 Å². The van der Waals surface area contributed by atoms with Crippen molar-refractivity contribution >= 4 is 16.8 Å². The Morgan fingerprint density at radius 3 is 2.95 bits per heavy atom. The number of aryl methyl sites for hydroxylation is 1. The second-order valence-corrected chi connectivity index (χ2v) is 5.31. The molecule has 0 aliphatic heterocycles. The van der Waals surface area contributed by atoms with Crippen LogP contribution in [0.1, 0.15) is 25.6 Å². The molecule has 1 aromatic carbocycles. The average molecular weight is 303 g/mol. The van der Waals surface area contributed by atoms with Gasteiger partial charge in [0.25, 0.3) is 5.56 Å². The fourth-order valence-electron chi connectivity index (χ4n) is 2.31. The number of carbonyl (C=O) groups excluding carboxylic acids is 1. The Bertz CT molecular complexity index is 696. The zero-order chi connectivity index (χ0) is 15.9. The lowest BCUT2D eigenvalue weighted by Gasteiger charge is -2.12. The third-order valence-electron chi connectivity index (χ3n) is 3.30. The molecule has 2 aromatic rings. The fourth-order valence-corrected chi connectivity index (χ4v) is 2.31. The van der Waals surface area contributed by atoms with Gasteiger partial charge in [-0.15, -0.1) is 0 Å².